The summed E-state index contributed by atoms with van der Waals surface area (Å²) in [5.74, 6) is 0.742. The van der Waals surface area contributed by atoms with Gasteiger partial charge in [0.2, 0.25) is 0 Å². The maximum atomic E-state index is 9.73. The molecule has 1 atom stereocenters. The van der Waals surface area contributed by atoms with Crippen LogP contribution in [0.3, 0.4) is 0 Å². The van der Waals surface area contributed by atoms with Crippen LogP contribution in [0, 0.1) is 6.92 Å². The lowest BCUT2D eigenvalue weighted by atomic mass is 10.1. The maximum absolute atomic E-state index is 9.73. The number of aliphatic hydroxyl groups excluding tert-OH is 1. The van der Waals surface area contributed by atoms with Crippen molar-refractivity contribution in [3.63, 3.8) is 0 Å². The van der Waals surface area contributed by atoms with Crippen molar-refractivity contribution in [3.8, 4) is 0 Å². The van der Waals surface area contributed by atoms with Gasteiger partial charge in [0.05, 0.1) is 11.8 Å². The molecule has 2 aromatic rings. The summed E-state index contributed by atoms with van der Waals surface area (Å²) >= 11 is 0. The molecular weight excluding hydrogens is 226 g/mol. The predicted molar refractivity (Wildman–Crippen MR) is 73.7 cm³/mol. The third-order valence-corrected chi connectivity index (χ3v) is 3.00. The predicted octanol–water partition coefficient (Wildman–Crippen LogP) is 2.51. The molecule has 0 spiro atoms. The quantitative estimate of drug-likeness (QED) is 0.849. The lowest BCUT2D eigenvalue weighted by molar-refractivity contribution is 0.176. The minimum Gasteiger partial charge on any atom is -0.391 e. The SMILES string of the molecule is CCCC(O)CNc1nnc(C)c2ccccc12. The van der Waals surface area contributed by atoms with Gasteiger partial charge in [-0.15, -0.1) is 5.10 Å². The summed E-state index contributed by atoms with van der Waals surface area (Å²) in [5, 5.41) is 23.4. The number of fused-ring (bicyclic) bond motifs is 1. The second-order valence-corrected chi connectivity index (χ2v) is 4.50. The van der Waals surface area contributed by atoms with E-state index in [-0.39, 0.29) is 6.10 Å². The topological polar surface area (TPSA) is 58.0 Å². The summed E-state index contributed by atoms with van der Waals surface area (Å²) in [7, 11) is 0. The smallest absolute Gasteiger partial charge is 0.156 e. The van der Waals surface area contributed by atoms with Gasteiger partial charge in [0.25, 0.3) is 0 Å². The van der Waals surface area contributed by atoms with Crippen molar-refractivity contribution in [2.75, 3.05) is 11.9 Å². The Kier molecular flexibility index (Phi) is 4.10. The van der Waals surface area contributed by atoms with Gasteiger partial charge >= 0.3 is 0 Å². The summed E-state index contributed by atoms with van der Waals surface area (Å²) in [6.45, 7) is 4.52. The van der Waals surface area contributed by atoms with E-state index in [0.717, 1.165) is 35.1 Å². The number of rotatable bonds is 5. The average Bonchev–Trinajstić information content (AvgIpc) is 2.39. The van der Waals surface area contributed by atoms with Crippen LogP contribution in [0.15, 0.2) is 24.3 Å². The maximum Gasteiger partial charge on any atom is 0.156 e. The number of hydrogen-bond donors (Lipinski definition) is 2. The molecule has 4 nitrogen and oxygen atoms in total. The molecule has 18 heavy (non-hydrogen) atoms. The van der Waals surface area contributed by atoms with Gasteiger partial charge in [-0.05, 0) is 13.3 Å². The van der Waals surface area contributed by atoms with Crippen molar-refractivity contribution >= 4 is 16.6 Å². The fourth-order valence-corrected chi connectivity index (χ4v) is 2.02. The van der Waals surface area contributed by atoms with Gasteiger partial charge in [-0.2, -0.15) is 5.10 Å². The second-order valence-electron chi connectivity index (χ2n) is 4.50. The minimum absolute atomic E-state index is 0.336. The Morgan fingerprint density at radius 3 is 2.67 bits per heavy atom. The Morgan fingerprint density at radius 1 is 1.22 bits per heavy atom. The monoisotopic (exact) mass is 245 g/mol. The normalized spacial score (nSPS) is 12.6. The lowest BCUT2D eigenvalue weighted by Crippen LogP contribution is -2.20. The molecule has 4 heteroatoms. The van der Waals surface area contributed by atoms with Crippen molar-refractivity contribution in [1.82, 2.24) is 10.2 Å². The molecule has 0 fully saturated rings. The van der Waals surface area contributed by atoms with Gasteiger partial charge in [-0.3, -0.25) is 0 Å². The standard InChI is InChI=1S/C14H19N3O/c1-3-6-11(18)9-15-14-13-8-5-4-7-12(13)10(2)16-17-14/h4-5,7-8,11,18H,3,6,9H2,1-2H3,(H,15,17). The molecule has 0 saturated heterocycles. The molecule has 0 aliphatic heterocycles. The van der Waals surface area contributed by atoms with E-state index in [1.807, 2.05) is 31.2 Å². The first kappa shape index (κ1) is 12.8. The number of aryl methyl sites for hydroxylation is 1. The Balaban J connectivity index is 2.21. The number of aromatic nitrogens is 2. The third-order valence-electron chi connectivity index (χ3n) is 3.00. The van der Waals surface area contributed by atoms with Gasteiger partial charge in [0.15, 0.2) is 5.82 Å². The Morgan fingerprint density at radius 2 is 1.94 bits per heavy atom. The van der Waals surface area contributed by atoms with Gasteiger partial charge in [0.1, 0.15) is 0 Å². The van der Waals surface area contributed by atoms with Crippen LogP contribution in [0.25, 0.3) is 10.8 Å². The molecule has 2 N–H and O–H groups in total. The van der Waals surface area contributed by atoms with Gasteiger partial charge < -0.3 is 10.4 Å². The highest BCUT2D eigenvalue weighted by atomic mass is 16.3. The number of hydrogen-bond acceptors (Lipinski definition) is 4. The van der Waals surface area contributed by atoms with Crippen LogP contribution in [-0.2, 0) is 0 Å². The van der Waals surface area contributed by atoms with Crippen LogP contribution in [0.5, 0.6) is 0 Å². The fourth-order valence-electron chi connectivity index (χ4n) is 2.02. The minimum atomic E-state index is -0.336. The van der Waals surface area contributed by atoms with E-state index in [2.05, 4.69) is 22.4 Å². The Hall–Kier alpha value is -1.68. The van der Waals surface area contributed by atoms with E-state index in [1.165, 1.54) is 0 Å². The number of nitrogens with one attached hydrogen (secondary N) is 1. The zero-order valence-electron chi connectivity index (χ0n) is 10.8. The van der Waals surface area contributed by atoms with E-state index < -0.39 is 0 Å². The molecule has 0 radical (unpaired) electrons. The molecule has 1 aromatic carbocycles. The summed E-state index contributed by atoms with van der Waals surface area (Å²) in [6.07, 6.45) is 1.43. The fraction of sp³-hybridized carbons (Fsp3) is 0.429. The molecule has 0 aliphatic carbocycles. The van der Waals surface area contributed by atoms with Crippen molar-refractivity contribution < 1.29 is 5.11 Å². The van der Waals surface area contributed by atoms with Crippen LogP contribution < -0.4 is 5.32 Å². The highest BCUT2D eigenvalue weighted by molar-refractivity contribution is 5.92. The second kappa shape index (κ2) is 5.78. The Bertz CT molecular complexity index is 527. The van der Waals surface area contributed by atoms with E-state index >= 15 is 0 Å². The molecule has 1 unspecified atom stereocenters. The van der Waals surface area contributed by atoms with Crippen LogP contribution >= 0.6 is 0 Å². The largest absolute Gasteiger partial charge is 0.391 e. The molecule has 0 amide bonds. The molecule has 1 heterocycles. The highest BCUT2D eigenvalue weighted by Crippen LogP contribution is 2.22. The van der Waals surface area contributed by atoms with Gasteiger partial charge in [-0.1, -0.05) is 37.6 Å². The van der Waals surface area contributed by atoms with Crippen LogP contribution in [0.1, 0.15) is 25.5 Å². The van der Waals surface area contributed by atoms with E-state index in [9.17, 15) is 5.11 Å². The molecule has 0 aliphatic rings. The van der Waals surface area contributed by atoms with Gasteiger partial charge in [0, 0.05) is 17.3 Å². The zero-order chi connectivity index (χ0) is 13.0. The summed E-state index contributed by atoms with van der Waals surface area (Å²) in [5.41, 5.74) is 0.922. The molecular formula is C14H19N3O. The highest BCUT2D eigenvalue weighted by Gasteiger charge is 2.07. The average molecular weight is 245 g/mol. The first-order chi connectivity index (χ1) is 8.72. The number of nitrogens with zero attached hydrogens (tertiary/aromatic N) is 2. The Labute approximate surface area is 107 Å². The van der Waals surface area contributed by atoms with E-state index in [1.54, 1.807) is 0 Å². The van der Waals surface area contributed by atoms with E-state index in [0.29, 0.717) is 6.54 Å². The molecule has 96 valence electrons. The van der Waals surface area contributed by atoms with Crippen molar-refractivity contribution in [2.45, 2.75) is 32.8 Å². The van der Waals surface area contributed by atoms with Crippen LogP contribution in [0.2, 0.25) is 0 Å². The van der Waals surface area contributed by atoms with Crippen LogP contribution in [-0.4, -0.2) is 28.0 Å². The first-order valence-electron chi connectivity index (χ1n) is 6.36. The number of anilines is 1. The molecule has 0 bridgehead atoms. The zero-order valence-corrected chi connectivity index (χ0v) is 10.8. The van der Waals surface area contributed by atoms with Crippen molar-refractivity contribution in [1.29, 1.82) is 0 Å². The summed E-state index contributed by atoms with van der Waals surface area (Å²) in [6, 6.07) is 8.03. The molecule has 1 aromatic heterocycles. The van der Waals surface area contributed by atoms with Gasteiger partial charge in [-0.25, -0.2) is 0 Å². The van der Waals surface area contributed by atoms with E-state index in [4.69, 9.17) is 0 Å². The third kappa shape index (κ3) is 2.76. The van der Waals surface area contributed by atoms with Crippen LogP contribution in [0.4, 0.5) is 5.82 Å². The summed E-state index contributed by atoms with van der Waals surface area (Å²) in [4.78, 5) is 0. The molecule has 0 saturated carbocycles. The lowest BCUT2D eigenvalue weighted by Gasteiger charge is -2.12. The van der Waals surface area contributed by atoms with Crippen molar-refractivity contribution in [2.24, 2.45) is 0 Å². The summed E-state index contributed by atoms with van der Waals surface area (Å²) < 4.78 is 0. The molecule has 2 rings (SSSR count). The van der Waals surface area contributed by atoms with Crippen molar-refractivity contribution in [3.05, 3.63) is 30.0 Å². The first-order valence-corrected chi connectivity index (χ1v) is 6.36. The number of aliphatic hydroxyl groups is 1. The number of benzene rings is 1.